The van der Waals surface area contributed by atoms with E-state index in [0.29, 0.717) is 23.7 Å². The van der Waals surface area contributed by atoms with Gasteiger partial charge in [-0.15, -0.1) is 5.92 Å². The van der Waals surface area contributed by atoms with Gasteiger partial charge in [0.05, 0.1) is 12.8 Å². The van der Waals surface area contributed by atoms with E-state index in [2.05, 4.69) is 21.5 Å². The Balaban J connectivity index is 1.26. The first kappa shape index (κ1) is 29.0. The van der Waals surface area contributed by atoms with Gasteiger partial charge in [0.2, 0.25) is 10.0 Å². The molecule has 4 rings (SSSR count). The van der Waals surface area contributed by atoms with Gasteiger partial charge in [0.25, 0.3) is 0 Å². The minimum absolute atomic E-state index is 0.0928. The van der Waals surface area contributed by atoms with Crippen molar-refractivity contribution in [2.45, 2.75) is 39.0 Å². The molecule has 1 aliphatic heterocycles. The molecule has 210 valence electrons. The van der Waals surface area contributed by atoms with E-state index < -0.39 is 10.0 Å². The van der Waals surface area contributed by atoms with Crippen LogP contribution in [0.15, 0.2) is 78.9 Å². The van der Waals surface area contributed by atoms with Crippen molar-refractivity contribution < 1.29 is 22.7 Å². The average molecular weight is 562 g/mol. The summed E-state index contributed by atoms with van der Waals surface area (Å²) in [6.45, 7) is 4.96. The van der Waals surface area contributed by atoms with Gasteiger partial charge in [-0.2, -0.15) is 0 Å². The number of benzene rings is 3. The highest BCUT2D eigenvalue weighted by molar-refractivity contribution is 7.92. The summed E-state index contributed by atoms with van der Waals surface area (Å²) in [6, 6.07) is 24.5. The van der Waals surface area contributed by atoms with E-state index >= 15 is 0 Å². The summed E-state index contributed by atoms with van der Waals surface area (Å²) in [6.07, 6.45) is 2.51. The summed E-state index contributed by atoms with van der Waals surface area (Å²) in [4.78, 5) is 17.1. The molecule has 1 N–H and O–H groups in total. The van der Waals surface area contributed by atoms with Crippen LogP contribution in [0.5, 0.6) is 11.5 Å². The first-order valence-electron chi connectivity index (χ1n) is 13.2. The number of rotatable bonds is 10. The van der Waals surface area contributed by atoms with Crippen LogP contribution in [0.2, 0.25) is 0 Å². The number of nitrogens with one attached hydrogen (secondary N) is 1. The smallest absolute Gasteiger partial charge is 0.411 e. The SMILES string of the molecule is CC#CCN(C(=O)OCc1ccccc1)C1CCN(Cc2ccc(Oc3ccc(NS(C)(=O)=O)cc3)cc2)CC1. The van der Waals surface area contributed by atoms with E-state index in [9.17, 15) is 13.2 Å². The monoisotopic (exact) mass is 561 g/mol. The zero-order valence-electron chi connectivity index (χ0n) is 22.9. The van der Waals surface area contributed by atoms with Crippen LogP contribution in [0.3, 0.4) is 0 Å². The molecule has 0 aliphatic carbocycles. The molecule has 0 radical (unpaired) electrons. The second-order valence-corrected chi connectivity index (χ2v) is 11.5. The summed E-state index contributed by atoms with van der Waals surface area (Å²) in [5.74, 6) is 7.25. The highest BCUT2D eigenvalue weighted by atomic mass is 32.2. The molecule has 1 fully saturated rings. The lowest BCUT2D eigenvalue weighted by Gasteiger charge is -2.37. The van der Waals surface area contributed by atoms with Gasteiger partial charge in [-0.1, -0.05) is 48.4 Å². The van der Waals surface area contributed by atoms with Crippen LogP contribution in [0, 0.1) is 11.8 Å². The average Bonchev–Trinajstić information content (AvgIpc) is 2.95. The summed E-state index contributed by atoms with van der Waals surface area (Å²) in [5.41, 5.74) is 2.62. The fraction of sp³-hybridized carbons (Fsp3) is 0.323. The Morgan fingerprint density at radius 2 is 1.57 bits per heavy atom. The lowest BCUT2D eigenvalue weighted by atomic mass is 10.0. The van der Waals surface area contributed by atoms with Crippen molar-refractivity contribution >= 4 is 21.8 Å². The Morgan fingerprint density at radius 1 is 0.950 bits per heavy atom. The van der Waals surface area contributed by atoms with Crippen LogP contribution in [0.4, 0.5) is 10.5 Å². The van der Waals surface area contributed by atoms with Crippen LogP contribution in [0.25, 0.3) is 0 Å². The number of likely N-dealkylation sites (tertiary alicyclic amines) is 1. The summed E-state index contributed by atoms with van der Waals surface area (Å²) in [5, 5.41) is 0. The summed E-state index contributed by atoms with van der Waals surface area (Å²) in [7, 11) is -3.32. The summed E-state index contributed by atoms with van der Waals surface area (Å²) >= 11 is 0. The van der Waals surface area contributed by atoms with Crippen molar-refractivity contribution in [1.29, 1.82) is 0 Å². The third-order valence-electron chi connectivity index (χ3n) is 6.59. The molecule has 40 heavy (non-hydrogen) atoms. The Kier molecular flexibility index (Phi) is 10.1. The first-order chi connectivity index (χ1) is 19.3. The van der Waals surface area contributed by atoms with E-state index in [1.54, 1.807) is 36.1 Å². The number of piperidine rings is 1. The lowest BCUT2D eigenvalue weighted by molar-refractivity contribution is 0.0656. The molecule has 3 aromatic carbocycles. The fourth-order valence-electron chi connectivity index (χ4n) is 4.56. The quantitative estimate of drug-likeness (QED) is 0.330. The first-order valence-corrected chi connectivity index (χ1v) is 15.1. The third kappa shape index (κ3) is 9.04. The molecule has 1 heterocycles. The van der Waals surface area contributed by atoms with Gasteiger partial charge >= 0.3 is 6.09 Å². The predicted molar refractivity (Wildman–Crippen MR) is 157 cm³/mol. The number of carbonyl (C=O) groups is 1. The number of nitrogens with zero attached hydrogens (tertiary/aromatic N) is 2. The number of ether oxygens (including phenoxy) is 2. The molecule has 1 saturated heterocycles. The predicted octanol–water partition coefficient (Wildman–Crippen LogP) is 5.48. The van der Waals surface area contributed by atoms with Crippen molar-refractivity contribution in [3.8, 4) is 23.3 Å². The van der Waals surface area contributed by atoms with Crippen molar-refractivity contribution in [1.82, 2.24) is 9.80 Å². The van der Waals surface area contributed by atoms with Crippen molar-refractivity contribution in [3.63, 3.8) is 0 Å². The van der Waals surface area contributed by atoms with Crippen LogP contribution in [-0.4, -0.2) is 56.2 Å². The van der Waals surface area contributed by atoms with E-state index in [0.717, 1.165) is 44.3 Å². The van der Waals surface area contributed by atoms with Crippen molar-refractivity contribution in [2.75, 3.05) is 30.6 Å². The fourth-order valence-corrected chi connectivity index (χ4v) is 5.12. The van der Waals surface area contributed by atoms with Gasteiger partial charge in [0, 0.05) is 31.4 Å². The van der Waals surface area contributed by atoms with Gasteiger partial charge in [0.1, 0.15) is 18.1 Å². The maximum atomic E-state index is 12.9. The van der Waals surface area contributed by atoms with Gasteiger partial charge in [0.15, 0.2) is 0 Å². The van der Waals surface area contributed by atoms with Crippen LogP contribution in [0.1, 0.15) is 30.9 Å². The molecule has 0 saturated carbocycles. The Labute approximate surface area is 237 Å². The zero-order chi connectivity index (χ0) is 28.4. The van der Waals surface area contributed by atoms with Crippen LogP contribution in [-0.2, 0) is 27.9 Å². The highest BCUT2D eigenvalue weighted by Crippen LogP contribution is 2.25. The van der Waals surface area contributed by atoms with Crippen LogP contribution >= 0.6 is 0 Å². The van der Waals surface area contributed by atoms with Crippen LogP contribution < -0.4 is 9.46 Å². The molecule has 0 bridgehead atoms. The molecule has 0 aromatic heterocycles. The second kappa shape index (κ2) is 13.9. The number of sulfonamides is 1. The second-order valence-electron chi connectivity index (χ2n) is 9.75. The molecule has 1 aliphatic rings. The van der Waals surface area contributed by atoms with Gasteiger partial charge in [-0.05, 0) is 67.3 Å². The lowest BCUT2D eigenvalue weighted by Crippen LogP contribution is -2.47. The number of hydrogen-bond donors (Lipinski definition) is 1. The van der Waals surface area contributed by atoms with Gasteiger partial charge in [-0.3, -0.25) is 14.5 Å². The molecule has 0 atom stereocenters. The zero-order valence-corrected chi connectivity index (χ0v) is 23.7. The molecule has 3 aromatic rings. The molecule has 0 unspecified atom stereocenters. The Morgan fingerprint density at radius 3 is 2.17 bits per heavy atom. The van der Waals surface area contributed by atoms with Crippen molar-refractivity contribution in [3.05, 3.63) is 90.0 Å². The summed E-state index contributed by atoms with van der Waals surface area (Å²) < 4.78 is 36.7. The van der Waals surface area contributed by atoms with Gasteiger partial charge in [-0.25, -0.2) is 13.2 Å². The number of anilines is 1. The molecular formula is C31H35N3O5S. The molecule has 8 nitrogen and oxygen atoms in total. The number of amides is 1. The Bertz CT molecular complexity index is 1410. The largest absolute Gasteiger partial charge is 0.457 e. The highest BCUT2D eigenvalue weighted by Gasteiger charge is 2.28. The number of hydrogen-bond acceptors (Lipinski definition) is 6. The molecule has 9 heteroatoms. The Hall–Kier alpha value is -4.00. The minimum atomic E-state index is -3.32. The standard InChI is InChI=1S/C31H35N3O5S/c1-3-4-20-34(31(35)38-24-26-8-6-5-7-9-26)28-18-21-33(22-19-28)23-25-10-14-29(15-11-25)39-30-16-12-27(13-17-30)32-40(2,36)37/h5-17,28,32H,18-24H2,1-2H3. The maximum absolute atomic E-state index is 12.9. The van der Waals surface area contributed by atoms with E-state index in [1.807, 2.05) is 54.6 Å². The molecular weight excluding hydrogens is 526 g/mol. The normalized spacial score (nSPS) is 14.1. The molecule has 1 amide bonds. The number of carbonyl (C=O) groups excluding carboxylic acids is 1. The van der Waals surface area contributed by atoms with Gasteiger partial charge < -0.3 is 9.47 Å². The molecule has 0 spiro atoms. The third-order valence-corrected chi connectivity index (χ3v) is 7.19. The minimum Gasteiger partial charge on any atom is -0.457 e. The van der Waals surface area contributed by atoms with E-state index in [-0.39, 0.29) is 18.7 Å². The maximum Gasteiger partial charge on any atom is 0.411 e. The topological polar surface area (TPSA) is 88.2 Å². The van der Waals surface area contributed by atoms with E-state index in [1.165, 1.54) is 5.56 Å². The van der Waals surface area contributed by atoms with E-state index in [4.69, 9.17) is 9.47 Å². The van der Waals surface area contributed by atoms with Crippen molar-refractivity contribution in [2.24, 2.45) is 0 Å².